The van der Waals surface area contributed by atoms with Gasteiger partial charge in [-0.25, -0.2) is 0 Å². The van der Waals surface area contributed by atoms with Gasteiger partial charge >= 0.3 is 0 Å². The molecule has 5 heteroatoms. The summed E-state index contributed by atoms with van der Waals surface area (Å²) in [5.41, 5.74) is 0. The van der Waals surface area contributed by atoms with Gasteiger partial charge in [-0.3, -0.25) is 9.59 Å². The molecule has 0 fully saturated rings. The van der Waals surface area contributed by atoms with Crippen molar-refractivity contribution in [1.82, 2.24) is 16.0 Å². The molecule has 0 bridgehead atoms. The lowest BCUT2D eigenvalue weighted by molar-refractivity contribution is -0.126. The van der Waals surface area contributed by atoms with E-state index in [9.17, 15) is 9.59 Å². The molecule has 0 saturated carbocycles. The molecule has 2 amide bonds. The van der Waals surface area contributed by atoms with E-state index in [0.29, 0.717) is 19.4 Å². The van der Waals surface area contributed by atoms with Crippen LogP contribution < -0.4 is 16.0 Å². The van der Waals surface area contributed by atoms with E-state index in [1.165, 1.54) is 96.6 Å². The van der Waals surface area contributed by atoms with Crippen molar-refractivity contribution in [3.8, 4) is 0 Å². The third kappa shape index (κ3) is 31.1. The quantitative estimate of drug-likeness (QED) is 0.163. The maximum atomic E-state index is 11.6. The molecule has 0 radical (unpaired) electrons. The first kappa shape index (κ1) is 33.1. The van der Waals surface area contributed by atoms with E-state index in [4.69, 9.17) is 0 Å². The van der Waals surface area contributed by atoms with Crippen molar-refractivity contribution in [2.75, 3.05) is 26.2 Å². The van der Waals surface area contributed by atoms with Gasteiger partial charge in [-0.15, -0.1) is 0 Å². The monoisotopic (exact) mass is 455 g/mol. The number of unbranched alkanes of at least 4 members (excludes halogenated alkanes) is 11. The molecule has 32 heavy (non-hydrogen) atoms. The van der Waals surface area contributed by atoms with Crippen molar-refractivity contribution in [3.63, 3.8) is 0 Å². The summed E-state index contributed by atoms with van der Waals surface area (Å²) in [4.78, 5) is 23.0. The van der Waals surface area contributed by atoms with Crippen molar-refractivity contribution in [2.45, 2.75) is 137 Å². The summed E-state index contributed by atoms with van der Waals surface area (Å²) in [5.74, 6) is -0.0338. The highest BCUT2D eigenvalue weighted by Crippen LogP contribution is 2.10. The summed E-state index contributed by atoms with van der Waals surface area (Å²) in [5, 5.41) is 9.07. The van der Waals surface area contributed by atoms with Gasteiger partial charge in [-0.1, -0.05) is 98.3 Å². The minimum atomic E-state index is -0.0269. The Morgan fingerprint density at radius 3 is 1.28 bits per heavy atom. The second-order valence-electron chi connectivity index (χ2n) is 8.84. The highest BCUT2D eigenvalue weighted by atomic mass is 16.2. The standard InChI is InChI=1S/C19H38N2O2.C8H19N/c1-3-5-6-7-8-9-10-11-12-13-17-21-19(23)15-14-18(22)20-16-4-2;1-3-5-7-9-8-6-4-2/h3-17H2,1-2H3,(H,20,22)(H,21,23);9H,3-8H2,1-2H3. The summed E-state index contributed by atoms with van der Waals surface area (Å²) in [6.07, 6.45) is 19.8. The third-order valence-electron chi connectivity index (χ3n) is 5.42. The zero-order valence-corrected chi connectivity index (χ0v) is 22.2. The molecule has 0 aromatic heterocycles. The molecular weight excluding hydrogens is 398 g/mol. The number of carbonyl (C=O) groups excluding carboxylic acids is 2. The third-order valence-corrected chi connectivity index (χ3v) is 5.42. The van der Waals surface area contributed by atoms with E-state index >= 15 is 0 Å². The number of nitrogens with one attached hydrogen (secondary N) is 3. The highest BCUT2D eigenvalue weighted by Gasteiger charge is 2.05. The van der Waals surface area contributed by atoms with Crippen LogP contribution in [-0.2, 0) is 9.59 Å². The normalized spacial score (nSPS) is 10.4. The Kier molecular flexibility index (Phi) is 30.9. The minimum Gasteiger partial charge on any atom is -0.356 e. The van der Waals surface area contributed by atoms with E-state index in [2.05, 4.69) is 36.7 Å². The Labute approximate surface area is 200 Å². The Morgan fingerprint density at radius 2 is 0.844 bits per heavy atom. The Hall–Kier alpha value is -1.10. The van der Waals surface area contributed by atoms with Gasteiger partial charge in [-0.2, -0.15) is 0 Å². The molecule has 0 atom stereocenters. The topological polar surface area (TPSA) is 70.2 Å². The van der Waals surface area contributed by atoms with Crippen LogP contribution in [0.3, 0.4) is 0 Å². The van der Waals surface area contributed by atoms with Crippen LogP contribution in [0.2, 0.25) is 0 Å². The van der Waals surface area contributed by atoms with Crippen LogP contribution in [0.4, 0.5) is 0 Å². The first-order chi connectivity index (χ1) is 15.6. The second kappa shape index (κ2) is 29.9. The maximum absolute atomic E-state index is 11.6. The van der Waals surface area contributed by atoms with Gasteiger partial charge in [0.25, 0.3) is 0 Å². The molecule has 0 spiro atoms. The molecule has 0 unspecified atom stereocenters. The highest BCUT2D eigenvalue weighted by molar-refractivity contribution is 5.83. The molecule has 3 N–H and O–H groups in total. The van der Waals surface area contributed by atoms with E-state index < -0.39 is 0 Å². The molecule has 0 rings (SSSR count). The fraction of sp³-hybridized carbons (Fsp3) is 0.926. The first-order valence-electron chi connectivity index (χ1n) is 13.9. The van der Waals surface area contributed by atoms with Crippen molar-refractivity contribution < 1.29 is 9.59 Å². The molecule has 192 valence electrons. The first-order valence-corrected chi connectivity index (χ1v) is 13.9. The van der Waals surface area contributed by atoms with Crippen LogP contribution >= 0.6 is 0 Å². The lowest BCUT2D eigenvalue weighted by Gasteiger charge is -2.06. The average molecular weight is 456 g/mol. The number of rotatable bonds is 22. The average Bonchev–Trinajstić information content (AvgIpc) is 2.80. The van der Waals surface area contributed by atoms with Crippen molar-refractivity contribution in [2.24, 2.45) is 0 Å². The van der Waals surface area contributed by atoms with Crippen molar-refractivity contribution >= 4 is 11.8 Å². The molecule has 0 aliphatic rings. The molecular formula is C27H57N3O2. The number of hydrogen-bond acceptors (Lipinski definition) is 3. The van der Waals surface area contributed by atoms with Gasteiger partial charge < -0.3 is 16.0 Å². The number of hydrogen-bond donors (Lipinski definition) is 3. The second-order valence-corrected chi connectivity index (χ2v) is 8.84. The van der Waals surface area contributed by atoms with Gasteiger partial charge in [0.15, 0.2) is 0 Å². The molecule has 0 aromatic carbocycles. The van der Waals surface area contributed by atoms with Gasteiger partial charge in [-0.05, 0) is 38.8 Å². The summed E-state index contributed by atoms with van der Waals surface area (Å²) < 4.78 is 0. The largest absolute Gasteiger partial charge is 0.356 e. The van der Waals surface area contributed by atoms with Crippen molar-refractivity contribution in [3.05, 3.63) is 0 Å². The molecule has 0 saturated heterocycles. The fourth-order valence-corrected chi connectivity index (χ4v) is 3.24. The predicted octanol–water partition coefficient (Wildman–Crippen LogP) is 6.51. The Morgan fingerprint density at radius 1 is 0.438 bits per heavy atom. The zero-order chi connectivity index (χ0) is 24.1. The molecule has 5 nitrogen and oxygen atoms in total. The van der Waals surface area contributed by atoms with Gasteiger partial charge in [0, 0.05) is 25.9 Å². The van der Waals surface area contributed by atoms with Crippen LogP contribution in [0.15, 0.2) is 0 Å². The zero-order valence-electron chi connectivity index (χ0n) is 22.2. The van der Waals surface area contributed by atoms with Crippen LogP contribution in [0.1, 0.15) is 137 Å². The van der Waals surface area contributed by atoms with Gasteiger partial charge in [0.05, 0.1) is 0 Å². The Balaban J connectivity index is 0. The summed E-state index contributed by atoms with van der Waals surface area (Å²) in [6, 6.07) is 0. The summed E-state index contributed by atoms with van der Waals surface area (Å²) in [6.45, 7) is 12.6. The minimum absolute atomic E-state index is 0.00688. The molecule has 0 heterocycles. The molecule has 0 aliphatic carbocycles. The van der Waals surface area contributed by atoms with Crippen molar-refractivity contribution in [1.29, 1.82) is 0 Å². The lowest BCUT2D eigenvalue weighted by atomic mass is 10.1. The molecule has 0 aliphatic heterocycles. The van der Waals surface area contributed by atoms with E-state index in [1.807, 2.05) is 6.92 Å². The summed E-state index contributed by atoms with van der Waals surface area (Å²) in [7, 11) is 0. The van der Waals surface area contributed by atoms with E-state index in [1.54, 1.807) is 0 Å². The van der Waals surface area contributed by atoms with Crippen LogP contribution in [0, 0.1) is 0 Å². The predicted molar refractivity (Wildman–Crippen MR) is 140 cm³/mol. The smallest absolute Gasteiger partial charge is 0.220 e. The van der Waals surface area contributed by atoms with Crippen LogP contribution in [-0.4, -0.2) is 38.0 Å². The number of carbonyl (C=O) groups is 2. The van der Waals surface area contributed by atoms with Crippen LogP contribution in [0.25, 0.3) is 0 Å². The van der Waals surface area contributed by atoms with E-state index in [0.717, 1.165) is 19.4 Å². The molecule has 0 aromatic rings. The van der Waals surface area contributed by atoms with Gasteiger partial charge in [0.1, 0.15) is 0 Å². The Bertz CT molecular complexity index is 383. The van der Waals surface area contributed by atoms with E-state index in [-0.39, 0.29) is 11.8 Å². The van der Waals surface area contributed by atoms with Gasteiger partial charge in [0.2, 0.25) is 11.8 Å². The maximum Gasteiger partial charge on any atom is 0.220 e. The lowest BCUT2D eigenvalue weighted by Crippen LogP contribution is -2.28. The van der Waals surface area contributed by atoms with Crippen LogP contribution in [0.5, 0.6) is 0 Å². The fourth-order valence-electron chi connectivity index (χ4n) is 3.24. The summed E-state index contributed by atoms with van der Waals surface area (Å²) >= 11 is 0. The number of amides is 2. The SMILES string of the molecule is CCCCCCCCCCCCNC(=O)CCC(=O)NCCC.CCCCNCCCC.